The van der Waals surface area contributed by atoms with Gasteiger partial charge in [0, 0.05) is 15.8 Å². The van der Waals surface area contributed by atoms with Gasteiger partial charge < -0.3 is 5.32 Å². The molecular weight excluding hydrogens is 256 g/mol. The second kappa shape index (κ2) is 6.49. The van der Waals surface area contributed by atoms with Gasteiger partial charge in [0.1, 0.15) is 0 Å². The summed E-state index contributed by atoms with van der Waals surface area (Å²) in [6.45, 7) is 4.89. The van der Waals surface area contributed by atoms with Gasteiger partial charge in [-0.25, -0.2) is 13.6 Å². The Balaban J connectivity index is 2.32. The molecule has 0 amide bonds. The first-order valence-electron chi connectivity index (χ1n) is 5.75. The first kappa shape index (κ1) is 14.6. The van der Waals surface area contributed by atoms with Crippen LogP contribution in [0.5, 0.6) is 0 Å². The summed E-state index contributed by atoms with van der Waals surface area (Å²) in [5.74, 6) is 0.0391. The topological polar surface area (TPSA) is 72.2 Å². The Labute approximate surface area is 107 Å². The van der Waals surface area contributed by atoms with Crippen LogP contribution < -0.4 is 10.5 Å². The molecule has 6 heteroatoms. The summed E-state index contributed by atoms with van der Waals surface area (Å²) in [7, 11) is -3.32. The van der Waals surface area contributed by atoms with Gasteiger partial charge in [-0.15, -0.1) is 11.3 Å². The van der Waals surface area contributed by atoms with Crippen molar-refractivity contribution in [2.75, 3.05) is 12.3 Å². The molecule has 0 aliphatic rings. The van der Waals surface area contributed by atoms with Gasteiger partial charge >= 0.3 is 0 Å². The zero-order valence-corrected chi connectivity index (χ0v) is 11.9. The Morgan fingerprint density at radius 1 is 1.47 bits per heavy atom. The standard InChI is InChI=1S/C11H20N2O2S2/c1-3-10-5-6-11(16-10)9(2)13-7-4-8-17(12,14)15/h5-6,9,13H,3-4,7-8H2,1-2H3,(H2,12,14,15). The SMILES string of the molecule is CCc1ccc(C(C)NCCCS(N)(=O)=O)s1. The number of thiophene rings is 1. The lowest BCUT2D eigenvalue weighted by Gasteiger charge is -2.11. The Bertz CT molecular complexity index is 440. The van der Waals surface area contributed by atoms with Gasteiger partial charge in [0.15, 0.2) is 0 Å². The number of hydrogen-bond acceptors (Lipinski definition) is 4. The van der Waals surface area contributed by atoms with Crippen molar-refractivity contribution >= 4 is 21.4 Å². The minimum atomic E-state index is -3.32. The highest BCUT2D eigenvalue weighted by Crippen LogP contribution is 2.23. The van der Waals surface area contributed by atoms with Crippen LogP contribution in [0.2, 0.25) is 0 Å². The summed E-state index contributed by atoms with van der Waals surface area (Å²) in [6.07, 6.45) is 1.61. The molecular formula is C11H20N2O2S2. The van der Waals surface area contributed by atoms with Gasteiger partial charge in [0.2, 0.25) is 10.0 Å². The minimum Gasteiger partial charge on any atom is -0.309 e. The second-order valence-corrected chi connectivity index (χ2v) is 6.99. The molecule has 0 radical (unpaired) electrons. The van der Waals surface area contributed by atoms with E-state index in [1.165, 1.54) is 9.75 Å². The van der Waals surface area contributed by atoms with E-state index in [9.17, 15) is 8.42 Å². The van der Waals surface area contributed by atoms with Gasteiger partial charge in [-0.3, -0.25) is 0 Å². The third kappa shape index (κ3) is 5.63. The highest BCUT2D eigenvalue weighted by Gasteiger charge is 2.08. The highest BCUT2D eigenvalue weighted by molar-refractivity contribution is 7.89. The average molecular weight is 276 g/mol. The molecule has 1 heterocycles. The number of nitrogens with one attached hydrogen (secondary N) is 1. The predicted molar refractivity (Wildman–Crippen MR) is 72.7 cm³/mol. The molecule has 1 aromatic heterocycles. The molecule has 0 aliphatic heterocycles. The Kier molecular flexibility index (Phi) is 5.58. The number of aryl methyl sites for hydroxylation is 1. The first-order valence-corrected chi connectivity index (χ1v) is 8.28. The third-order valence-corrected chi connectivity index (χ3v) is 4.78. The summed E-state index contributed by atoms with van der Waals surface area (Å²) in [5.41, 5.74) is 0. The lowest BCUT2D eigenvalue weighted by atomic mass is 10.2. The Hall–Kier alpha value is -0.430. The van der Waals surface area contributed by atoms with E-state index in [0.717, 1.165) is 6.42 Å². The van der Waals surface area contributed by atoms with E-state index >= 15 is 0 Å². The van der Waals surface area contributed by atoms with E-state index < -0.39 is 10.0 Å². The Morgan fingerprint density at radius 3 is 2.71 bits per heavy atom. The van der Waals surface area contributed by atoms with E-state index in [1.807, 2.05) is 0 Å². The summed E-state index contributed by atoms with van der Waals surface area (Å²) in [5, 5.41) is 8.23. The van der Waals surface area contributed by atoms with Crippen LogP contribution in [-0.4, -0.2) is 20.7 Å². The van der Waals surface area contributed by atoms with Crippen molar-refractivity contribution in [2.45, 2.75) is 32.7 Å². The maximum Gasteiger partial charge on any atom is 0.209 e. The van der Waals surface area contributed by atoms with Crippen LogP contribution in [0.4, 0.5) is 0 Å². The molecule has 1 atom stereocenters. The molecule has 0 saturated carbocycles. The van der Waals surface area contributed by atoms with Crippen molar-refractivity contribution in [2.24, 2.45) is 5.14 Å². The lowest BCUT2D eigenvalue weighted by Crippen LogP contribution is -2.23. The number of sulfonamides is 1. The van der Waals surface area contributed by atoms with E-state index in [1.54, 1.807) is 11.3 Å². The molecule has 98 valence electrons. The largest absolute Gasteiger partial charge is 0.309 e. The molecule has 17 heavy (non-hydrogen) atoms. The number of nitrogens with two attached hydrogens (primary N) is 1. The van der Waals surface area contributed by atoms with Crippen LogP contribution in [0, 0.1) is 0 Å². The van der Waals surface area contributed by atoms with Gasteiger partial charge in [-0.1, -0.05) is 6.92 Å². The van der Waals surface area contributed by atoms with Crippen molar-refractivity contribution in [3.05, 3.63) is 21.9 Å². The maximum absolute atomic E-state index is 10.7. The van der Waals surface area contributed by atoms with Crippen molar-refractivity contribution in [3.8, 4) is 0 Å². The molecule has 3 N–H and O–H groups in total. The quantitative estimate of drug-likeness (QED) is 0.744. The lowest BCUT2D eigenvalue weighted by molar-refractivity contribution is 0.566. The van der Waals surface area contributed by atoms with Crippen LogP contribution in [0.25, 0.3) is 0 Å². The van der Waals surface area contributed by atoms with Gasteiger partial charge in [-0.2, -0.15) is 0 Å². The monoisotopic (exact) mass is 276 g/mol. The molecule has 0 spiro atoms. The van der Waals surface area contributed by atoms with Gasteiger partial charge in [0.25, 0.3) is 0 Å². The van der Waals surface area contributed by atoms with E-state index in [4.69, 9.17) is 5.14 Å². The van der Waals surface area contributed by atoms with Crippen molar-refractivity contribution in [1.82, 2.24) is 5.32 Å². The van der Waals surface area contributed by atoms with Crippen LogP contribution >= 0.6 is 11.3 Å². The highest BCUT2D eigenvalue weighted by atomic mass is 32.2. The average Bonchev–Trinajstić information content (AvgIpc) is 2.71. The third-order valence-electron chi connectivity index (χ3n) is 2.51. The minimum absolute atomic E-state index is 0.0391. The van der Waals surface area contributed by atoms with Crippen LogP contribution in [0.15, 0.2) is 12.1 Å². The molecule has 0 fully saturated rings. The molecule has 0 aliphatic carbocycles. The van der Waals surface area contributed by atoms with Gasteiger partial charge in [0.05, 0.1) is 5.75 Å². The zero-order chi connectivity index (χ0) is 12.9. The molecule has 0 saturated heterocycles. The van der Waals surface area contributed by atoms with E-state index in [0.29, 0.717) is 13.0 Å². The van der Waals surface area contributed by atoms with Crippen molar-refractivity contribution < 1.29 is 8.42 Å². The fourth-order valence-corrected chi connectivity index (χ4v) is 3.04. The summed E-state index contributed by atoms with van der Waals surface area (Å²) < 4.78 is 21.5. The summed E-state index contributed by atoms with van der Waals surface area (Å²) in [6, 6.07) is 4.53. The molecule has 1 aromatic rings. The van der Waals surface area contributed by atoms with E-state index in [2.05, 4.69) is 31.3 Å². The van der Waals surface area contributed by atoms with Crippen LogP contribution in [-0.2, 0) is 16.4 Å². The smallest absolute Gasteiger partial charge is 0.209 e. The fourth-order valence-electron chi connectivity index (χ4n) is 1.51. The first-order chi connectivity index (χ1) is 7.92. The molecule has 1 rings (SSSR count). The molecule has 0 bridgehead atoms. The van der Waals surface area contributed by atoms with Gasteiger partial charge in [-0.05, 0) is 38.4 Å². The van der Waals surface area contributed by atoms with E-state index in [-0.39, 0.29) is 11.8 Å². The fraction of sp³-hybridized carbons (Fsp3) is 0.636. The van der Waals surface area contributed by atoms with Crippen LogP contribution in [0.3, 0.4) is 0 Å². The maximum atomic E-state index is 10.7. The van der Waals surface area contributed by atoms with Crippen molar-refractivity contribution in [3.63, 3.8) is 0 Å². The number of hydrogen-bond donors (Lipinski definition) is 2. The number of rotatable bonds is 7. The summed E-state index contributed by atoms with van der Waals surface area (Å²) >= 11 is 1.80. The Morgan fingerprint density at radius 2 is 2.18 bits per heavy atom. The zero-order valence-electron chi connectivity index (χ0n) is 10.3. The van der Waals surface area contributed by atoms with Crippen LogP contribution in [0.1, 0.15) is 36.1 Å². The molecule has 4 nitrogen and oxygen atoms in total. The second-order valence-electron chi connectivity index (χ2n) is 4.05. The number of primary sulfonamides is 1. The summed E-state index contributed by atoms with van der Waals surface area (Å²) in [4.78, 5) is 2.66. The van der Waals surface area contributed by atoms with Crippen molar-refractivity contribution in [1.29, 1.82) is 0 Å². The molecule has 1 unspecified atom stereocenters. The normalized spacial score (nSPS) is 13.8. The predicted octanol–water partition coefficient (Wildman–Crippen LogP) is 1.64. The molecule has 0 aromatic carbocycles.